The molecule has 4 nitrogen and oxygen atoms in total. The van der Waals surface area contributed by atoms with Crippen LogP contribution in [-0.4, -0.2) is 28.6 Å². The van der Waals surface area contributed by atoms with Crippen LogP contribution in [0.1, 0.15) is 12.8 Å². The van der Waals surface area contributed by atoms with E-state index in [0.717, 1.165) is 34.0 Å². The second kappa shape index (κ2) is 4.81. The molecule has 0 spiro atoms. The number of benzene rings is 1. The summed E-state index contributed by atoms with van der Waals surface area (Å²) in [6.07, 6.45) is 3.35. The Morgan fingerprint density at radius 2 is 2.26 bits per heavy atom. The molecular weight excluding hydrogens is 308 g/mol. The van der Waals surface area contributed by atoms with Crippen molar-refractivity contribution in [3.8, 4) is 0 Å². The molecule has 1 saturated heterocycles. The zero-order chi connectivity index (χ0) is 13.4. The molecule has 0 radical (unpaired) electrons. The molecule has 1 aliphatic rings. The van der Waals surface area contributed by atoms with Crippen molar-refractivity contribution in [2.45, 2.75) is 18.9 Å². The number of carboxylic acids is 1. The first-order chi connectivity index (χ1) is 9.18. The maximum absolute atomic E-state index is 11.3. The molecule has 5 heteroatoms. The summed E-state index contributed by atoms with van der Waals surface area (Å²) < 4.78 is 0.929. The van der Waals surface area contributed by atoms with Gasteiger partial charge in [-0.1, -0.05) is 12.1 Å². The van der Waals surface area contributed by atoms with E-state index in [4.69, 9.17) is 0 Å². The Morgan fingerprint density at radius 3 is 3.05 bits per heavy atom. The molecule has 1 atom stereocenters. The van der Waals surface area contributed by atoms with Crippen LogP contribution in [-0.2, 0) is 4.79 Å². The molecule has 2 heterocycles. The first-order valence-corrected chi connectivity index (χ1v) is 7.00. The van der Waals surface area contributed by atoms with Crippen molar-refractivity contribution < 1.29 is 9.90 Å². The first kappa shape index (κ1) is 12.4. The molecule has 98 valence electrons. The minimum Gasteiger partial charge on any atom is -0.480 e. The average molecular weight is 321 g/mol. The molecule has 0 unspecified atom stereocenters. The molecule has 1 aromatic carbocycles. The van der Waals surface area contributed by atoms with E-state index in [9.17, 15) is 9.90 Å². The number of fused-ring (bicyclic) bond motifs is 1. The first-order valence-electron chi connectivity index (χ1n) is 6.21. The molecule has 3 rings (SSSR count). The summed E-state index contributed by atoms with van der Waals surface area (Å²) >= 11 is 3.49. The maximum atomic E-state index is 11.3. The van der Waals surface area contributed by atoms with Crippen molar-refractivity contribution in [3.05, 3.63) is 34.9 Å². The zero-order valence-electron chi connectivity index (χ0n) is 10.2. The number of para-hydroxylation sites is 1. The lowest BCUT2D eigenvalue weighted by Crippen LogP contribution is -2.36. The van der Waals surface area contributed by atoms with Gasteiger partial charge in [-0.25, -0.2) is 4.79 Å². The van der Waals surface area contributed by atoms with Gasteiger partial charge < -0.3 is 10.0 Å². The van der Waals surface area contributed by atoms with Gasteiger partial charge in [-0.15, -0.1) is 0 Å². The number of aliphatic carboxylic acids is 1. The maximum Gasteiger partial charge on any atom is 0.326 e. The fourth-order valence-corrected chi connectivity index (χ4v) is 3.16. The smallest absolute Gasteiger partial charge is 0.326 e. The molecule has 0 saturated carbocycles. The fourth-order valence-electron chi connectivity index (χ4n) is 2.69. The Morgan fingerprint density at radius 1 is 1.42 bits per heavy atom. The molecule has 0 aliphatic carbocycles. The number of pyridine rings is 1. The van der Waals surface area contributed by atoms with E-state index in [-0.39, 0.29) is 0 Å². The molecule has 2 aromatic rings. The molecule has 1 N–H and O–H groups in total. The third-order valence-corrected chi connectivity index (χ3v) is 4.19. The van der Waals surface area contributed by atoms with Crippen LogP contribution in [0.25, 0.3) is 10.9 Å². The third-order valence-electron chi connectivity index (χ3n) is 3.55. The highest BCUT2D eigenvalue weighted by Gasteiger charge is 2.31. The number of hydrogen-bond donors (Lipinski definition) is 1. The van der Waals surface area contributed by atoms with Gasteiger partial charge in [0.05, 0.1) is 5.52 Å². The van der Waals surface area contributed by atoms with Gasteiger partial charge in [0.15, 0.2) is 0 Å². The van der Waals surface area contributed by atoms with Crippen LogP contribution < -0.4 is 4.90 Å². The van der Waals surface area contributed by atoms with Gasteiger partial charge in [-0.3, -0.25) is 4.98 Å². The Hall–Kier alpha value is -1.62. The van der Waals surface area contributed by atoms with Crippen molar-refractivity contribution >= 4 is 38.5 Å². The van der Waals surface area contributed by atoms with Crippen LogP contribution in [0, 0.1) is 0 Å². The van der Waals surface area contributed by atoms with E-state index in [1.54, 1.807) is 6.20 Å². The van der Waals surface area contributed by atoms with Crippen LogP contribution in [0.2, 0.25) is 0 Å². The van der Waals surface area contributed by atoms with Crippen molar-refractivity contribution in [1.29, 1.82) is 0 Å². The molecule has 1 aliphatic heterocycles. The van der Waals surface area contributed by atoms with E-state index < -0.39 is 12.0 Å². The zero-order valence-corrected chi connectivity index (χ0v) is 11.8. The van der Waals surface area contributed by atoms with E-state index >= 15 is 0 Å². The molecule has 1 fully saturated rings. The molecule has 1 aromatic heterocycles. The second-order valence-electron chi connectivity index (χ2n) is 4.66. The highest BCUT2D eigenvalue weighted by atomic mass is 79.9. The van der Waals surface area contributed by atoms with Gasteiger partial charge in [0, 0.05) is 28.3 Å². The predicted octanol–water partition coefficient (Wildman–Crippen LogP) is 3.05. The van der Waals surface area contributed by atoms with Crippen LogP contribution in [0.5, 0.6) is 0 Å². The highest BCUT2D eigenvalue weighted by Crippen LogP contribution is 2.33. The monoisotopic (exact) mass is 320 g/mol. The van der Waals surface area contributed by atoms with Gasteiger partial charge in [-0.05, 0) is 40.9 Å². The summed E-state index contributed by atoms with van der Waals surface area (Å²) in [6.45, 7) is 0.780. The van der Waals surface area contributed by atoms with E-state index in [0.29, 0.717) is 6.42 Å². The highest BCUT2D eigenvalue weighted by molar-refractivity contribution is 9.10. The fraction of sp³-hybridized carbons (Fsp3) is 0.286. The quantitative estimate of drug-likeness (QED) is 0.924. The number of aromatic nitrogens is 1. The standard InChI is InChI=1S/C14H13BrN2O2/c15-10-4-1-3-9-11(6-7-16-13(9)10)17-8-2-5-12(17)14(18)19/h1,3-4,6-7,12H,2,5,8H2,(H,18,19)/t12-/m0/s1. The Kier molecular flexibility index (Phi) is 3.14. The Balaban J connectivity index is 2.15. The Labute approximate surface area is 119 Å². The van der Waals surface area contributed by atoms with Crippen molar-refractivity contribution in [2.75, 3.05) is 11.4 Å². The van der Waals surface area contributed by atoms with Crippen LogP contribution >= 0.6 is 15.9 Å². The van der Waals surface area contributed by atoms with Gasteiger partial charge in [-0.2, -0.15) is 0 Å². The third kappa shape index (κ3) is 2.08. The summed E-state index contributed by atoms with van der Waals surface area (Å²) in [7, 11) is 0. The molecule has 0 amide bonds. The van der Waals surface area contributed by atoms with Gasteiger partial charge in [0.2, 0.25) is 0 Å². The lowest BCUT2D eigenvalue weighted by atomic mass is 10.1. The topological polar surface area (TPSA) is 53.4 Å². The summed E-state index contributed by atoms with van der Waals surface area (Å²) in [6, 6.07) is 7.35. The molecular formula is C14H13BrN2O2. The minimum atomic E-state index is -0.752. The lowest BCUT2D eigenvalue weighted by Gasteiger charge is -2.25. The summed E-state index contributed by atoms with van der Waals surface area (Å²) in [4.78, 5) is 17.7. The van der Waals surface area contributed by atoms with Gasteiger partial charge in [0.1, 0.15) is 6.04 Å². The summed E-state index contributed by atoms with van der Waals surface area (Å²) in [5.41, 5.74) is 1.83. The number of rotatable bonds is 2. The molecule has 19 heavy (non-hydrogen) atoms. The summed E-state index contributed by atoms with van der Waals surface area (Å²) in [5.74, 6) is -0.752. The minimum absolute atomic E-state index is 0.426. The number of carbonyl (C=O) groups is 1. The van der Waals surface area contributed by atoms with Crippen molar-refractivity contribution in [2.24, 2.45) is 0 Å². The van der Waals surface area contributed by atoms with E-state index in [1.807, 2.05) is 29.2 Å². The number of hydrogen-bond acceptors (Lipinski definition) is 3. The summed E-state index contributed by atoms with van der Waals surface area (Å²) in [5, 5.41) is 10.3. The van der Waals surface area contributed by atoms with Gasteiger partial charge >= 0.3 is 5.97 Å². The average Bonchev–Trinajstić information content (AvgIpc) is 2.88. The lowest BCUT2D eigenvalue weighted by molar-refractivity contribution is -0.138. The Bertz CT molecular complexity index is 644. The van der Waals surface area contributed by atoms with Gasteiger partial charge in [0.25, 0.3) is 0 Å². The van der Waals surface area contributed by atoms with Crippen LogP contribution in [0.3, 0.4) is 0 Å². The number of halogens is 1. The number of carboxylic acid groups (broad SMARTS) is 1. The second-order valence-corrected chi connectivity index (χ2v) is 5.51. The normalized spacial score (nSPS) is 19.0. The predicted molar refractivity (Wildman–Crippen MR) is 77.4 cm³/mol. The SMILES string of the molecule is O=C(O)[C@@H]1CCCN1c1ccnc2c(Br)cccc12. The van der Waals surface area contributed by atoms with Crippen LogP contribution in [0.15, 0.2) is 34.9 Å². The largest absolute Gasteiger partial charge is 0.480 e. The van der Waals surface area contributed by atoms with Crippen molar-refractivity contribution in [3.63, 3.8) is 0 Å². The van der Waals surface area contributed by atoms with Crippen molar-refractivity contribution in [1.82, 2.24) is 4.98 Å². The van der Waals surface area contributed by atoms with E-state index in [2.05, 4.69) is 20.9 Å². The van der Waals surface area contributed by atoms with Crippen LogP contribution in [0.4, 0.5) is 5.69 Å². The molecule has 0 bridgehead atoms. The number of anilines is 1. The number of nitrogens with zero attached hydrogens (tertiary/aromatic N) is 2. The van der Waals surface area contributed by atoms with E-state index in [1.165, 1.54) is 0 Å².